The van der Waals surface area contributed by atoms with Gasteiger partial charge in [0.15, 0.2) is 0 Å². The van der Waals surface area contributed by atoms with Crippen LogP contribution in [0.15, 0.2) is 84.9 Å². The number of aromatic hydroxyl groups is 2. The van der Waals surface area contributed by atoms with E-state index >= 15 is 0 Å². The summed E-state index contributed by atoms with van der Waals surface area (Å²) in [5, 5.41) is 39.1. The Morgan fingerprint density at radius 2 is 1.13 bits per heavy atom. The Kier molecular flexibility index (Phi) is 10.0. The fourth-order valence-corrected chi connectivity index (χ4v) is 6.23. The van der Waals surface area contributed by atoms with Crippen LogP contribution in [0.25, 0.3) is 21.8 Å². The number of carbonyl (C=O) groups excluding carboxylic acids is 2. The van der Waals surface area contributed by atoms with Gasteiger partial charge in [-0.25, -0.2) is 0 Å². The SMILES string of the molecule is Cc1c(C(C)C(=O)O)c2cc(O)ccc2n1C(=O)c1ccc(C(F)(F)F)cc1.Cc1ccc(C(=O)n2c(C)c(CC(=O)O)c3cc(O)ccc32)cc1. The second-order valence-electron chi connectivity index (χ2n) is 12.3. The van der Waals surface area contributed by atoms with Crippen molar-refractivity contribution >= 4 is 45.6 Å². The number of aliphatic carboxylic acids is 2. The summed E-state index contributed by atoms with van der Waals surface area (Å²) in [5.41, 5.74) is 3.50. The van der Waals surface area contributed by atoms with E-state index in [2.05, 4.69) is 0 Å². The van der Waals surface area contributed by atoms with E-state index in [0.717, 1.165) is 29.8 Å². The molecule has 6 aromatic rings. The Morgan fingerprint density at radius 1 is 0.673 bits per heavy atom. The number of hydrogen-bond acceptors (Lipinski definition) is 6. The predicted octanol–water partition coefficient (Wildman–Crippen LogP) is 7.83. The number of aryl methyl sites for hydroxylation is 1. The summed E-state index contributed by atoms with van der Waals surface area (Å²) in [4.78, 5) is 48.6. The molecule has 13 heteroatoms. The average Bonchev–Trinajstić information content (AvgIpc) is 3.52. The molecule has 4 aromatic carbocycles. The molecule has 0 saturated carbocycles. The third kappa shape index (κ3) is 7.11. The van der Waals surface area contributed by atoms with E-state index in [1.807, 2.05) is 19.1 Å². The number of rotatable bonds is 6. The molecule has 0 aliphatic carbocycles. The third-order valence-electron chi connectivity index (χ3n) is 8.85. The van der Waals surface area contributed by atoms with Gasteiger partial charge in [0, 0.05) is 33.3 Å². The molecule has 268 valence electrons. The Balaban J connectivity index is 0.000000203. The van der Waals surface area contributed by atoms with Crippen molar-refractivity contribution in [2.45, 2.75) is 46.2 Å². The van der Waals surface area contributed by atoms with E-state index in [0.29, 0.717) is 49.9 Å². The molecule has 6 rings (SSSR count). The minimum absolute atomic E-state index is 0.0237. The molecule has 0 aliphatic rings. The maximum absolute atomic E-state index is 13.0. The van der Waals surface area contributed by atoms with Gasteiger partial charge in [0.1, 0.15) is 11.5 Å². The summed E-state index contributed by atoms with van der Waals surface area (Å²) < 4.78 is 41.0. The van der Waals surface area contributed by atoms with E-state index in [-0.39, 0.29) is 29.4 Å². The molecule has 2 heterocycles. The van der Waals surface area contributed by atoms with Crippen molar-refractivity contribution in [3.05, 3.63) is 130 Å². The van der Waals surface area contributed by atoms with Crippen molar-refractivity contribution in [3.63, 3.8) is 0 Å². The smallest absolute Gasteiger partial charge is 0.416 e. The number of carboxylic acid groups (broad SMARTS) is 2. The van der Waals surface area contributed by atoms with Crippen LogP contribution in [0.1, 0.15) is 67.2 Å². The zero-order valence-corrected chi connectivity index (χ0v) is 28.3. The minimum atomic E-state index is -4.51. The molecule has 0 amide bonds. The Labute approximate surface area is 294 Å². The molecule has 4 N–H and O–H groups in total. The molecular weight excluding hydrogens is 681 g/mol. The molecule has 2 aromatic heterocycles. The Bertz CT molecular complexity index is 2370. The predicted molar refractivity (Wildman–Crippen MR) is 186 cm³/mol. The van der Waals surface area contributed by atoms with Gasteiger partial charge in [0.2, 0.25) is 0 Å². The molecule has 1 unspecified atom stereocenters. The number of nitrogens with zero attached hydrogens (tertiary/aromatic N) is 2. The standard InChI is InChI=1S/C20H16F3NO4.C19H17NO4/c1-10(19(27)28)17-11(2)24(16-8-7-14(25)9-15(16)17)18(26)12-3-5-13(6-4-12)20(21,22)23;1-11-3-5-13(6-4-11)19(24)20-12(2)15(10-18(22)23)16-9-14(21)7-8-17(16)20/h3-10,25H,1-2H3,(H,27,28);3-9,21H,10H2,1-2H3,(H,22,23). The monoisotopic (exact) mass is 714 g/mol. The molecule has 0 saturated heterocycles. The first-order valence-electron chi connectivity index (χ1n) is 15.9. The summed E-state index contributed by atoms with van der Waals surface area (Å²) >= 11 is 0. The van der Waals surface area contributed by atoms with Gasteiger partial charge in [-0.15, -0.1) is 0 Å². The second-order valence-corrected chi connectivity index (χ2v) is 12.3. The normalized spacial score (nSPS) is 12.0. The number of halogens is 3. The average molecular weight is 715 g/mol. The number of phenolic OH excluding ortho intramolecular Hbond substituents is 2. The summed E-state index contributed by atoms with van der Waals surface area (Å²) in [7, 11) is 0. The van der Waals surface area contributed by atoms with Crippen LogP contribution >= 0.6 is 0 Å². The van der Waals surface area contributed by atoms with Crippen LogP contribution in [0.4, 0.5) is 13.2 Å². The van der Waals surface area contributed by atoms with Gasteiger partial charge in [-0.05, 0) is 112 Å². The Hall–Kier alpha value is -6.37. The van der Waals surface area contributed by atoms with Crippen molar-refractivity contribution in [2.24, 2.45) is 0 Å². The maximum Gasteiger partial charge on any atom is 0.416 e. The van der Waals surface area contributed by atoms with Gasteiger partial charge in [0.25, 0.3) is 11.8 Å². The number of alkyl halides is 3. The zero-order chi connectivity index (χ0) is 38.2. The van der Waals surface area contributed by atoms with Crippen LogP contribution in [0.3, 0.4) is 0 Å². The van der Waals surface area contributed by atoms with Crippen LogP contribution < -0.4 is 0 Å². The highest BCUT2D eigenvalue weighted by Gasteiger charge is 2.31. The van der Waals surface area contributed by atoms with E-state index in [1.54, 1.807) is 32.0 Å². The van der Waals surface area contributed by atoms with Crippen LogP contribution in [-0.4, -0.2) is 53.3 Å². The number of phenols is 2. The largest absolute Gasteiger partial charge is 0.508 e. The number of benzene rings is 4. The highest BCUT2D eigenvalue weighted by Crippen LogP contribution is 2.35. The molecular formula is C39H33F3N2O8. The third-order valence-corrected chi connectivity index (χ3v) is 8.85. The lowest BCUT2D eigenvalue weighted by Gasteiger charge is -2.11. The molecule has 0 spiro atoms. The molecule has 52 heavy (non-hydrogen) atoms. The molecule has 10 nitrogen and oxygen atoms in total. The second kappa shape index (κ2) is 14.1. The highest BCUT2D eigenvalue weighted by atomic mass is 19.4. The number of carbonyl (C=O) groups is 4. The van der Waals surface area contributed by atoms with E-state index < -0.39 is 35.5 Å². The van der Waals surface area contributed by atoms with Crippen molar-refractivity contribution in [1.82, 2.24) is 9.13 Å². The number of fused-ring (bicyclic) bond motifs is 2. The quantitative estimate of drug-likeness (QED) is 0.136. The maximum atomic E-state index is 13.0. The first-order valence-corrected chi connectivity index (χ1v) is 15.9. The summed E-state index contributed by atoms with van der Waals surface area (Å²) in [5.74, 6) is -3.91. The van der Waals surface area contributed by atoms with E-state index in [1.165, 1.54) is 46.4 Å². The molecule has 1 atom stereocenters. The summed E-state index contributed by atoms with van der Waals surface area (Å²) in [6.07, 6.45) is -4.72. The topological polar surface area (TPSA) is 159 Å². The van der Waals surface area contributed by atoms with Gasteiger partial charge < -0.3 is 20.4 Å². The van der Waals surface area contributed by atoms with Crippen molar-refractivity contribution in [3.8, 4) is 11.5 Å². The first kappa shape index (κ1) is 36.9. The van der Waals surface area contributed by atoms with Crippen molar-refractivity contribution < 1.29 is 52.8 Å². The molecule has 0 bridgehead atoms. The van der Waals surface area contributed by atoms with Gasteiger partial charge in [0.05, 0.1) is 28.9 Å². The van der Waals surface area contributed by atoms with Crippen LogP contribution in [0.5, 0.6) is 11.5 Å². The zero-order valence-electron chi connectivity index (χ0n) is 28.3. The lowest BCUT2D eigenvalue weighted by atomic mass is 9.98. The van der Waals surface area contributed by atoms with Gasteiger partial charge >= 0.3 is 18.1 Å². The minimum Gasteiger partial charge on any atom is -0.508 e. The fraction of sp³-hybridized carbons (Fsp3) is 0.179. The van der Waals surface area contributed by atoms with Gasteiger partial charge in [-0.3, -0.25) is 28.3 Å². The number of hydrogen-bond donors (Lipinski definition) is 4. The van der Waals surface area contributed by atoms with Gasteiger partial charge in [-0.2, -0.15) is 13.2 Å². The van der Waals surface area contributed by atoms with E-state index in [4.69, 9.17) is 5.11 Å². The number of aromatic nitrogens is 2. The fourth-order valence-electron chi connectivity index (χ4n) is 6.23. The van der Waals surface area contributed by atoms with Crippen LogP contribution in [-0.2, 0) is 22.2 Å². The molecule has 0 radical (unpaired) electrons. The van der Waals surface area contributed by atoms with E-state index in [9.17, 15) is 47.7 Å². The lowest BCUT2D eigenvalue weighted by Crippen LogP contribution is -2.15. The van der Waals surface area contributed by atoms with Crippen molar-refractivity contribution in [2.75, 3.05) is 0 Å². The van der Waals surface area contributed by atoms with Crippen LogP contribution in [0, 0.1) is 20.8 Å². The van der Waals surface area contributed by atoms with Crippen LogP contribution in [0.2, 0.25) is 0 Å². The first-order chi connectivity index (χ1) is 24.4. The summed E-state index contributed by atoms with van der Waals surface area (Å²) in [6, 6.07) is 19.8. The number of carboxylic acids is 2. The van der Waals surface area contributed by atoms with Crippen molar-refractivity contribution in [1.29, 1.82) is 0 Å². The Morgan fingerprint density at radius 3 is 1.62 bits per heavy atom. The lowest BCUT2D eigenvalue weighted by molar-refractivity contribution is -0.139. The highest BCUT2D eigenvalue weighted by molar-refractivity contribution is 6.06. The summed E-state index contributed by atoms with van der Waals surface area (Å²) in [6.45, 7) is 6.69. The van der Waals surface area contributed by atoms with Gasteiger partial charge in [-0.1, -0.05) is 17.7 Å². The molecule has 0 fully saturated rings. The molecule has 0 aliphatic heterocycles.